The molecule has 3 heterocycles. The largest absolute Gasteiger partial charge is 0.354 e. The van der Waals surface area contributed by atoms with Crippen LogP contribution in [0.4, 0.5) is 17.3 Å². The highest BCUT2D eigenvalue weighted by Crippen LogP contribution is 2.35. The highest BCUT2D eigenvalue weighted by Gasteiger charge is 2.30. The van der Waals surface area contributed by atoms with Crippen LogP contribution in [0.2, 0.25) is 0 Å². The smallest absolute Gasteiger partial charge is 0.353 e. The Bertz CT molecular complexity index is 573. The first-order valence-electron chi connectivity index (χ1n) is 8.35. The number of piperidine rings is 1. The predicted molar refractivity (Wildman–Crippen MR) is 88.3 cm³/mol. The Morgan fingerprint density at radius 3 is 2.67 bits per heavy atom. The van der Waals surface area contributed by atoms with Gasteiger partial charge in [-0.2, -0.15) is 0 Å². The van der Waals surface area contributed by atoms with Crippen LogP contribution in [0.15, 0.2) is 6.33 Å². The summed E-state index contributed by atoms with van der Waals surface area (Å²) >= 11 is 0. The second-order valence-electron chi connectivity index (χ2n) is 6.06. The Labute approximate surface area is 140 Å². The molecule has 0 N–H and O–H groups in total. The second kappa shape index (κ2) is 7.71. The summed E-state index contributed by atoms with van der Waals surface area (Å²) in [6.45, 7) is 3.35. The van der Waals surface area contributed by atoms with Crippen molar-refractivity contribution in [2.75, 3.05) is 49.7 Å². The maximum absolute atomic E-state index is 11.7. The quantitative estimate of drug-likeness (QED) is 0.570. The molecule has 3 rings (SSSR count). The van der Waals surface area contributed by atoms with Crippen LogP contribution in [0, 0.1) is 10.1 Å². The molecule has 0 radical (unpaired) electrons. The summed E-state index contributed by atoms with van der Waals surface area (Å²) in [6.07, 6.45) is 5.02. The first kappa shape index (κ1) is 16.8. The molecule has 2 aliphatic rings. The van der Waals surface area contributed by atoms with Gasteiger partial charge in [0, 0.05) is 33.1 Å². The lowest BCUT2D eigenvalue weighted by Crippen LogP contribution is -2.32. The lowest BCUT2D eigenvalue weighted by molar-refractivity contribution is -0.383. The molecule has 24 heavy (non-hydrogen) atoms. The zero-order valence-electron chi connectivity index (χ0n) is 13.9. The number of nitrogens with zero attached hydrogens (tertiary/aromatic N) is 5. The topological polar surface area (TPSA) is 93.9 Å². The second-order valence-corrected chi connectivity index (χ2v) is 6.06. The van der Waals surface area contributed by atoms with E-state index in [0.29, 0.717) is 37.8 Å². The minimum Gasteiger partial charge on any atom is -0.354 e. The number of hydrogen-bond donors (Lipinski definition) is 0. The van der Waals surface area contributed by atoms with Crippen LogP contribution in [0.1, 0.15) is 25.7 Å². The molecule has 0 atom stereocenters. The van der Waals surface area contributed by atoms with E-state index in [0.717, 1.165) is 32.4 Å². The van der Waals surface area contributed by atoms with Crippen molar-refractivity contribution in [1.82, 2.24) is 9.97 Å². The third kappa shape index (κ3) is 3.73. The fraction of sp³-hybridized carbons (Fsp3) is 0.733. The molecule has 1 aromatic heterocycles. The van der Waals surface area contributed by atoms with E-state index in [1.807, 2.05) is 4.90 Å². The highest BCUT2D eigenvalue weighted by atomic mass is 16.7. The standard InChI is InChI=1S/C15H23N5O4/c1-18(8-5-12-23-9-10-24-12)14-13(20(21)22)15(17-11-16-14)19-6-3-2-4-7-19/h11-12H,2-10H2,1H3. The number of anilines is 2. The molecular formula is C15H23N5O4. The van der Waals surface area contributed by atoms with Gasteiger partial charge in [0.05, 0.1) is 18.1 Å². The summed E-state index contributed by atoms with van der Waals surface area (Å²) in [5, 5.41) is 11.7. The van der Waals surface area contributed by atoms with E-state index in [4.69, 9.17) is 9.47 Å². The van der Waals surface area contributed by atoms with E-state index >= 15 is 0 Å². The molecule has 9 heteroatoms. The van der Waals surface area contributed by atoms with Crippen LogP contribution in [-0.4, -0.2) is 61.1 Å². The van der Waals surface area contributed by atoms with Crippen molar-refractivity contribution in [2.24, 2.45) is 0 Å². The molecule has 0 amide bonds. The molecule has 2 aliphatic heterocycles. The minimum absolute atomic E-state index is 0.0184. The Morgan fingerprint density at radius 2 is 2.00 bits per heavy atom. The zero-order valence-corrected chi connectivity index (χ0v) is 13.9. The average molecular weight is 337 g/mol. The SMILES string of the molecule is CN(CCC1OCCO1)c1ncnc(N2CCCCC2)c1[N+](=O)[O-]. The molecule has 0 saturated carbocycles. The van der Waals surface area contributed by atoms with E-state index in [2.05, 4.69) is 9.97 Å². The minimum atomic E-state index is -0.377. The number of aromatic nitrogens is 2. The summed E-state index contributed by atoms with van der Waals surface area (Å²) in [5.41, 5.74) is -0.0184. The van der Waals surface area contributed by atoms with Gasteiger partial charge in [0.1, 0.15) is 6.33 Å². The Morgan fingerprint density at radius 1 is 1.29 bits per heavy atom. The van der Waals surface area contributed by atoms with E-state index in [-0.39, 0.29) is 16.9 Å². The Hall–Kier alpha value is -2.00. The fourth-order valence-corrected chi connectivity index (χ4v) is 3.12. The van der Waals surface area contributed by atoms with Gasteiger partial charge >= 0.3 is 5.69 Å². The van der Waals surface area contributed by atoms with Gasteiger partial charge in [0.2, 0.25) is 11.6 Å². The van der Waals surface area contributed by atoms with Crippen LogP contribution >= 0.6 is 0 Å². The summed E-state index contributed by atoms with van der Waals surface area (Å²) in [5.74, 6) is 0.762. The molecule has 0 aromatic carbocycles. The molecule has 2 fully saturated rings. The number of hydrogen-bond acceptors (Lipinski definition) is 8. The van der Waals surface area contributed by atoms with Gasteiger partial charge in [-0.1, -0.05) is 0 Å². The van der Waals surface area contributed by atoms with Crippen molar-refractivity contribution in [3.8, 4) is 0 Å². The van der Waals surface area contributed by atoms with Gasteiger partial charge in [-0.05, 0) is 19.3 Å². The van der Waals surface area contributed by atoms with Crippen LogP contribution in [-0.2, 0) is 9.47 Å². The van der Waals surface area contributed by atoms with E-state index < -0.39 is 0 Å². The van der Waals surface area contributed by atoms with Crippen LogP contribution in [0.5, 0.6) is 0 Å². The van der Waals surface area contributed by atoms with Crippen LogP contribution < -0.4 is 9.80 Å². The lowest BCUT2D eigenvalue weighted by Gasteiger charge is -2.28. The van der Waals surface area contributed by atoms with Gasteiger partial charge in [0.25, 0.3) is 0 Å². The van der Waals surface area contributed by atoms with Crippen molar-refractivity contribution in [3.05, 3.63) is 16.4 Å². The summed E-state index contributed by atoms with van der Waals surface area (Å²) in [4.78, 5) is 23.4. The summed E-state index contributed by atoms with van der Waals surface area (Å²) in [6, 6.07) is 0. The van der Waals surface area contributed by atoms with Crippen molar-refractivity contribution < 1.29 is 14.4 Å². The van der Waals surface area contributed by atoms with Gasteiger partial charge in [-0.15, -0.1) is 0 Å². The van der Waals surface area contributed by atoms with Crippen molar-refractivity contribution in [3.63, 3.8) is 0 Å². The van der Waals surface area contributed by atoms with Crippen molar-refractivity contribution >= 4 is 17.3 Å². The third-order valence-corrected chi connectivity index (χ3v) is 4.37. The highest BCUT2D eigenvalue weighted by molar-refractivity contribution is 5.71. The molecule has 0 aliphatic carbocycles. The molecule has 2 saturated heterocycles. The van der Waals surface area contributed by atoms with E-state index in [1.165, 1.54) is 6.33 Å². The van der Waals surface area contributed by atoms with Gasteiger partial charge in [0.15, 0.2) is 6.29 Å². The van der Waals surface area contributed by atoms with Crippen molar-refractivity contribution in [2.45, 2.75) is 32.0 Å². The summed E-state index contributed by atoms with van der Waals surface area (Å²) in [7, 11) is 1.80. The molecular weight excluding hydrogens is 314 g/mol. The van der Waals surface area contributed by atoms with Crippen LogP contribution in [0.25, 0.3) is 0 Å². The average Bonchev–Trinajstić information content (AvgIpc) is 3.13. The van der Waals surface area contributed by atoms with Gasteiger partial charge < -0.3 is 19.3 Å². The number of nitro groups is 1. The molecule has 132 valence electrons. The normalized spacial score (nSPS) is 18.8. The lowest BCUT2D eigenvalue weighted by atomic mass is 10.1. The zero-order chi connectivity index (χ0) is 16.9. The first-order chi connectivity index (χ1) is 11.7. The van der Waals surface area contributed by atoms with E-state index in [9.17, 15) is 10.1 Å². The number of rotatable bonds is 6. The monoisotopic (exact) mass is 337 g/mol. The number of ether oxygens (including phenoxy) is 2. The predicted octanol–water partition coefficient (Wildman–Crippen LogP) is 1.57. The maximum atomic E-state index is 11.7. The van der Waals surface area contributed by atoms with Crippen LogP contribution in [0.3, 0.4) is 0 Å². The molecule has 0 spiro atoms. The molecule has 9 nitrogen and oxygen atoms in total. The molecule has 0 unspecified atom stereocenters. The fourth-order valence-electron chi connectivity index (χ4n) is 3.12. The first-order valence-corrected chi connectivity index (χ1v) is 8.35. The van der Waals surface area contributed by atoms with Gasteiger partial charge in [-0.25, -0.2) is 9.97 Å². The maximum Gasteiger partial charge on any atom is 0.353 e. The van der Waals surface area contributed by atoms with E-state index in [1.54, 1.807) is 11.9 Å². The Balaban J connectivity index is 1.79. The molecule has 0 bridgehead atoms. The third-order valence-electron chi connectivity index (χ3n) is 4.37. The van der Waals surface area contributed by atoms with Gasteiger partial charge in [-0.3, -0.25) is 10.1 Å². The Kier molecular flexibility index (Phi) is 5.41. The van der Waals surface area contributed by atoms with Crippen molar-refractivity contribution in [1.29, 1.82) is 0 Å². The summed E-state index contributed by atoms with van der Waals surface area (Å²) < 4.78 is 10.8. The molecule has 1 aromatic rings.